The van der Waals surface area contributed by atoms with Gasteiger partial charge in [0.1, 0.15) is 34.1 Å². The summed E-state index contributed by atoms with van der Waals surface area (Å²) in [5.41, 5.74) is 1.17. The van der Waals surface area contributed by atoms with Gasteiger partial charge in [-0.05, 0) is 78.8 Å². The maximum atomic E-state index is 14.0. The molecule has 0 atom stereocenters. The number of likely N-dealkylation sites (tertiary alicyclic amines) is 2. The summed E-state index contributed by atoms with van der Waals surface area (Å²) in [5.74, 6) is 3.96. The minimum atomic E-state index is -0.918. The zero-order chi connectivity index (χ0) is 48.3. The number of hydrogen-bond donors (Lipinski definition) is 1. The van der Waals surface area contributed by atoms with Gasteiger partial charge >= 0.3 is 12.1 Å². The van der Waals surface area contributed by atoms with Crippen molar-refractivity contribution in [3.63, 3.8) is 0 Å². The van der Waals surface area contributed by atoms with Gasteiger partial charge in [-0.25, -0.2) is 9.59 Å². The molecule has 1 N–H and O–H groups in total. The predicted molar refractivity (Wildman–Crippen MR) is 246 cm³/mol. The minimum Gasteiger partial charge on any atom is -0.497 e. The lowest BCUT2D eigenvalue weighted by atomic mass is 9.85. The predicted octanol–water partition coefficient (Wildman–Crippen LogP) is 4.41. The molecule has 4 saturated heterocycles. The summed E-state index contributed by atoms with van der Waals surface area (Å²) >= 11 is 0. The lowest BCUT2D eigenvalue weighted by Gasteiger charge is -2.42. The van der Waals surface area contributed by atoms with Gasteiger partial charge < -0.3 is 52.4 Å². The summed E-state index contributed by atoms with van der Waals surface area (Å²) in [6.07, 6.45) is 2.26. The fourth-order valence-corrected chi connectivity index (χ4v) is 9.49. The molecular formula is C48H66N6O13. The van der Waals surface area contributed by atoms with Crippen molar-refractivity contribution in [3.05, 3.63) is 65.2 Å². The standard InChI is InChI=1S/C29H39N3O8.C19H27N3O5/c1-35-12-11-32-28(34)31(19-21-15-24(38-4)26(40-6)25(16-21)39-5)27(33)29(32)7-9-30(10-8-29)18-20-13-22(36-2)17-23(14-20)37-3;1-25-9-8-22-18(24)20-17(23)19(22)4-6-21(7-5-19)13-14-10-15(26-2)12-16(11-14)27-3/h13-17H,7-12,18-19H2,1-6H3;10-12H,4-9,13H2,1-3H3,(H,20,23,24). The first-order chi connectivity index (χ1) is 32.3. The molecule has 4 heterocycles. The van der Waals surface area contributed by atoms with Crippen LogP contribution in [0, 0.1) is 0 Å². The zero-order valence-electron chi connectivity index (χ0n) is 40.3. The SMILES string of the molecule is COCCN1C(=O)N(Cc2cc(OC)c(OC)c(OC)c2)C(=O)C12CCN(Cc1cc(OC)cc(OC)c1)CC2.COCCN1C(=O)NC(=O)C12CCN(Cc1cc(OC)cc(OC)c1)CC2. The fraction of sp³-hybridized carbons (Fsp3) is 0.542. The number of ether oxygens (including phenoxy) is 9. The van der Waals surface area contributed by atoms with E-state index in [4.69, 9.17) is 42.6 Å². The Morgan fingerprint density at radius 1 is 0.493 bits per heavy atom. The van der Waals surface area contributed by atoms with Gasteiger partial charge in [0.25, 0.3) is 11.8 Å². The second-order valence-corrected chi connectivity index (χ2v) is 16.8. The molecule has 0 unspecified atom stereocenters. The first kappa shape index (κ1) is 50.4. The van der Waals surface area contributed by atoms with Crippen molar-refractivity contribution in [2.75, 3.05) is 116 Å². The molecule has 19 nitrogen and oxygen atoms in total. The molecule has 0 saturated carbocycles. The third kappa shape index (κ3) is 10.9. The van der Waals surface area contributed by atoms with E-state index >= 15 is 0 Å². The molecular weight excluding hydrogens is 869 g/mol. The number of carbonyl (C=O) groups excluding carboxylic acids is 4. The summed E-state index contributed by atoms with van der Waals surface area (Å²) in [7, 11) is 14.3. The van der Waals surface area contributed by atoms with Crippen LogP contribution in [0.3, 0.4) is 0 Å². The van der Waals surface area contributed by atoms with Crippen molar-refractivity contribution >= 4 is 23.9 Å². The number of carbonyl (C=O) groups is 4. The van der Waals surface area contributed by atoms with E-state index in [1.807, 2.05) is 36.4 Å². The second-order valence-electron chi connectivity index (χ2n) is 16.8. The van der Waals surface area contributed by atoms with Gasteiger partial charge in [-0.3, -0.25) is 29.6 Å². The Bertz CT molecular complexity index is 2140. The molecule has 6 amide bonds. The maximum absolute atomic E-state index is 14.0. The molecule has 0 bridgehead atoms. The zero-order valence-corrected chi connectivity index (χ0v) is 40.3. The van der Waals surface area contributed by atoms with Crippen molar-refractivity contribution in [1.82, 2.24) is 29.8 Å². The molecule has 7 rings (SSSR count). The van der Waals surface area contributed by atoms with Crippen LogP contribution in [0.1, 0.15) is 42.4 Å². The topological polar surface area (TPSA) is 180 Å². The van der Waals surface area contributed by atoms with Crippen molar-refractivity contribution in [2.45, 2.75) is 56.4 Å². The first-order valence-corrected chi connectivity index (χ1v) is 22.3. The van der Waals surface area contributed by atoms with Gasteiger partial charge in [0.15, 0.2) is 11.5 Å². The van der Waals surface area contributed by atoms with Crippen molar-refractivity contribution in [3.8, 4) is 40.2 Å². The first-order valence-electron chi connectivity index (χ1n) is 22.3. The van der Waals surface area contributed by atoms with E-state index in [1.165, 1.54) is 26.2 Å². The summed E-state index contributed by atoms with van der Waals surface area (Å²) in [4.78, 5) is 61.6. The molecule has 3 aromatic rings. The monoisotopic (exact) mass is 934 g/mol. The van der Waals surface area contributed by atoms with Gasteiger partial charge in [-0.2, -0.15) is 0 Å². The Labute approximate surface area is 392 Å². The van der Waals surface area contributed by atoms with Gasteiger partial charge in [-0.1, -0.05) is 0 Å². The largest absolute Gasteiger partial charge is 0.497 e. The van der Waals surface area contributed by atoms with Crippen LogP contribution in [0.2, 0.25) is 0 Å². The smallest absolute Gasteiger partial charge is 0.328 e. The lowest BCUT2D eigenvalue weighted by molar-refractivity contribution is -0.136. The molecule has 3 aromatic carbocycles. The molecule has 366 valence electrons. The Balaban J connectivity index is 0.000000238. The molecule has 0 aromatic heterocycles. The number of benzene rings is 3. The van der Waals surface area contributed by atoms with Crippen molar-refractivity contribution in [1.29, 1.82) is 0 Å². The van der Waals surface area contributed by atoms with Crippen molar-refractivity contribution in [2.24, 2.45) is 0 Å². The molecule has 0 radical (unpaired) electrons. The van der Waals surface area contributed by atoms with Crippen molar-refractivity contribution < 1.29 is 61.8 Å². The minimum absolute atomic E-state index is 0.0902. The molecule has 2 spiro atoms. The van der Waals surface area contributed by atoms with E-state index in [0.29, 0.717) is 94.4 Å². The third-order valence-corrected chi connectivity index (χ3v) is 13.1. The number of nitrogens with zero attached hydrogens (tertiary/aromatic N) is 5. The van der Waals surface area contributed by atoms with E-state index in [-0.39, 0.29) is 30.4 Å². The number of piperidine rings is 2. The Morgan fingerprint density at radius 3 is 1.31 bits per heavy atom. The van der Waals surface area contributed by atoms with E-state index in [0.717, 1.165) is 53.8 Å². The number of hydrogen-bond acceptors (Lipinski definition) is 15. The molecule has 67 heavy (non-hydrogen) atoms. The van der Waals surface area contributed by atoms with Crippen LogP contribution in [-0.2, 0) is 38.7 Å². The summed E-state index contributed by atoms with van der Waals surface area (Å²) in [6, 6.07) is 14.5. The van der Waals surface area contributed by atoms with Crippen LogP contribution in [0.25, 0.3) is 0 Å². The molecule has 4 fully saturated rings. The van der Waals surface area contributed by atoms with E-state index in [2.05, 4.69) is 15.1 Å². The highest BCUT2D eigenvalue weighted by atomic mass is 16.5. The molecule has 4 aliphatic rings. The van der Waals surface area contributed by atoms with E-state index in [1.54, 1.807) is 64.6 Å². The normalized spacial score (nSPS) is 18.0. The molecule has 0 aliphatic carbocycles. The van der Waals surface area contributed by atoms with Gasteiger partial charge in [-0.15, -0.1) is 0 Å². The number of amides is 6. The lowest BCUT2D eigenvalue weighted by Crippen LogP contribution is -2.57. The molecule has 4 aliphatic heterocycles. The molecule has 19 heteroatoms. The fourth-order valence-electron chi connectivity index (χ4n) is 9.49. The van der Waals surface area contributed by atoms with Crippen LogP contribution in [-0.4, -0.2) is 176 Å². The summed E-state index contributed by atoms with van der Waals surface area (Å²) in [6.45, 7) is 5.76. The van der Waals surface area contributed by atoms with Crippen LogP contribution in [0.15, 0.2) is 48.5 Å². The number of urea groups is 2. The van der Waals surface area contributed by atoms with Crippen LogP contribution >= 0.6 is 0 Å². The highest BCUT2D eigenvalue weighted by Gasteiger charge is 2.58. The average Bonchev–Trinajstić information content (AvgIpc) is 3.68. The van der Waals surface area contributed by atoms with Gasteiger partial charge in [0.2, 0.25) is 5.75 Å². The average molecular weight is 935 g/mol. The number of methoxy groups -OCH3 is 9. The number of rotatable bonds is 19. The summed E-state index contributed by atoms with van der Waals surface area (Å²) < 4.78 is 48.3. The third-order valence-electron chi connectivity index (χ3n) is 13.1. The Kier molecular flexibility index (Phi) is 17.0. The number of nitrogens with one attached hydrogen (secondary N) is 1. The van der Waals surface area contributed by atoms with Crippen LogP contribution < -0.4 is 38.5 Å². The highest BCUT2D eigenvalue weighted by molar-refractivity contribution is 6.07. The maximum Gasteiger partial charge on any atom is 0.328 e. The quantitative estimate of drug-likeness (QED) is 0.167. The van der Waals surface area contributed by atoms with E-state index < -0.39 is 11.1 Å². The van der Waals surface area contributed by atoms with Gasteiger partial charge in [0, 0.05) is 78.7 Å². The van der Waals surface area contributed by atoms with E-state index in [9.17, 15) is 19.2 Å². The summed E-state index contributed by atoms with van der Waals surface area (Å²) in [5, 5.41) is 2.47. The van der Waals surface area contributed by atoms with Gasteiger partial charge in [0.05, 0.1) is 69.5 Å². The number of imide groups is 2. The van der Waals surface area contributed by atoms with Crippen LogP contribution in [0.4, 0.5) is 9.59 Å². The highest BCUT2D eigenvalue weighted by Crippen LogP contribution is 2.42. The van der Waals surface area contributed by atoms with Crippen LogP contribution in [0.5, 0.6) is 40.2 Å². The second kappa shape index (κ2) is 22.6. The Morgan fingerprint density at radius 2 is 0.910 bits per heavy atom. The Hall–Kier alpha value is -6.02.